The summed E-state index contributed by atoms with van der Waals surface area (Å²) in [7, 11) is -0.184. The van der Waals surface area contributed by atoms with E-state index in [0.717, 1.165) is 22.0 Å². The lowest BCUT2D eigenvalue weighted by Crippen LogP contribution is -2.30. The summed E-state index contributed by atoms with van der Waals surface area (Å²) < 4.78 is 76.4. The molecule has 0 saturated heterocycles. The van der Waals surface area contributed by atoms with Gasteiger partial charge in [-0.2, -0.15) is 13.2 Å². The molecule has 0 N–H and O–H groups in total. The van der Waals surface area contributed by atoms with E-state index in [1.54, 1.807) is 18.2 Å². The molecule has 0 fully saturated rings. The van der Waals surface area contributed by atoms with Gasteiger partial charge in [0.1, 0.15) is 0 Å². The van der Waals surface area contributed by atoms with Crippen molar-refractivity contribution in [2.45, 2.75) is 17.5 Å². The molecule has 0 aliphatic heterocycles. The minimum Gasteiger partial charge on any atom is -0.493 e. The van der Waals surface area contributed by atoms with Crippen molar-refractivity contribution in [2.75, 3.05) is 27.8 Å². The van der Waals surface area contributed by atoms with Gasteiger partial charge in [-0.1, -0.05) is 17.7 Å². The lowest BCUT2D eigenvalue weighted by atomic mass is 10.1. The van der Waals surface area contributed by atoms with Crippen LogP contribution in [0.4, 0.5) is 13.2 Å². The molecule has 5 nitrogen and oxygen atoms in total. The molecular formula is C18H19ClF3NO4S. The highest BCUT2D eigenvalue weighted by atomic mass is 35.5. The zero-order valence-corrected chi connectivity index (χ0v) is 17.0. The number of likely N-dealkylation sites (N-methyl/N-ethyl adjacent to an activating group) is 1. The highest BCUT2D eigenvalue weighted by Crippen LogP contribution is 2.36. The summed E-state index contributed by atoms with van der Waals surface area (Å²) in [5.41, 5.74) is -0.551. The summed E-state index contributed by atoms with van der Waals surface area (Å²) in [6, 6.07) is 7.67. The van der Waals surface area contributed by atoms with Crippen LogP contribution in [0.5, 0.6) is 11.5 Å². The molecule has 28 heavy (non-hydrogen) atoms. The number of hydrogen-bond acceptors (Lipinski definition) is 4. The fraction of sp³-hybridized carbons (Fsp3) is 0.333. The fourth-order valence-electron chi connectivity index (χ4n) is 2.56. The number of methoxy groups -OCH3 is 2. The van der Waals surface area contributed by atoms with Crippen molar-refractivity contribution in [3.8, 4) is 11.5 Å². The number of nitrogens with zero attached hydrogens (tertiary/aromatic N) is 1. The van der Waals surface area contributed by atoms with E-state index in [1.165, 1.54) is 21.3 Å². The SMILES string of the molecule is COc1ccc(CCN(C)S(=O)(=O)c2ccc(Cl)cc2C(F)(F)F)cc1OC. The van der Waals surface area contributed by atoms with E-state index in [1.807, 2.05) is 0 Å². The maximum absolute atomic E-state index is 13.3. The Morgan fingerprint density at radius 2 is 1.68 bits per heavy atom. The first kappa shape index (κ1) is 22.3. The second-order valence-corrected chi connectivity index (χ2v) is 8.35. The number of halogens is 4. The van der Waals surface area contributed by atoms with Gasteiger partial charge in [-0.05, 0) is 42.3 Å². The van der Waals surface area contributed by atoms with Gasteiger partial charge < -0.3 is 9.47 Å². The number of alkyl halides is 3. The molecule has 10 heteroatoms. The lowest BCUT2D eigenvalue weighted by molar-refractivity contribution is -0.139. The van der Waals surface area contributed by atoms with Crippen molar-refractivity contribution in [2.24, 2.45) is 0 Å². The van der Waals surface area contributed by atoms with Gasteiger partial charge >= 0.3 is 6.18 Å². The second kappa shape index (κ2) is 8.59. The molecule has 0 bridgehead atoms. The molecule has 0 aliphatic rings. The maximum atomic E-state index is 13.3. The standard InChI is InChI=1S/C18H19ClF3NO4S/c1-23(9-8-12-4-6-15(26-2)16(10-12)27-3)28(24,25)17-7-5-13(19)11-14(17)18(20,21)22/h4-7,10-11H,8-9H2,1-3H3. The average Bonchev–Trinajstić information content (AvgIpc) is 2.64. The maximum Gasteiger partial charge on any atom is 0.417 e. The molecule has 0 unspecified atom stereocenters. The van der Waals surface area contributed by atoms with E-state index in [-0.39, 0.29) is 18.0 Å². The van der Waals surface area contributed by atoms with Gasteiger partial charge in [0.15, 0.2) is 11.5 Å². The first-order valence-corrected chi connectivity index (χ1v) is 9.86. The van der Waals surface area contributed by atoms with E-state index < -0.39 is 26.7 Å². The summed E-state index contributed by atoms with van der Waals surface area (Å²) in [5.74, 6) is 0.991. The first-order valence-electron chi connectivity index (χ1n) is 8.04. The fourth-order valence-corrected chi connectivity index (χ4v) is 4.09. The van der Waals surface area contributed by atoms with Crippen LogP contribution in [0.2, 0.25) is 5.02 Å². The molecule has 154 valence electrons. The van der Waals surface area contributed by atoms with E-state index in [2.05, 4.69) is 0 Å². The van der Waals surface area contributed by atoms with Crippen molar-refractivity contribution < 1.29 is 31.1 Å². The minimum atomic E-state index is -4.85. The summed E-state index contributed by atoms with van der Waals surface area (Å²) in [6.07, 6.45) is -4.58. The molecule has 0 saturated carbocycles. The summed E-state index contributed by atoms with van der Waals surface area (Å²) in [5, 5.41) is -0.195. The predicted molar refractivity (Wildman–Crippen MR) is 99.5 cm³/mol. The Bertz CT molecular complexity index is 948. The van der Waals surface area contributed by atoms with Crippen LogP contribution in [0.1, 0.15) is 11.1 Å². The van der Waals surface area contributed by atoms with Gasteiger partial charge in [0.05, 0.1) is 24.7 Å². The van der Waals surface area contributed by atoms with E-state index in [4.69, 9.17) is 21.1 Å². The van der Waals surface area contributed by atoms with Crippen LogP contribution in [-0.2, 0) is 22.6 Å². The Hall–Kier alpha value is -1.97. The Morgan fingerprint density at radius 3 is 2.25 bits per heavy atom. The summed E-state index contributed by atoms with van der Waals surface area (Å²) in [4.78, 5) is -0.834. The zero-order valence-electron chi connectivity index (χ0n) is 15.4. The van der Waals surface area contributed by atoms with Crippen molar-refractivity contribution >= 4 is 21.6 Å². The largest absolute Gasteiger partial charge is 0.493 e. The number of rotatable bonds is 7. The van der Waals surface area contributed by atoms with E-state index in [9.17, 15) is 21.6 Å². The van der Waals surface area contributed by atoms with Crippen molar-refractivity contribution in [3.05, 3.63) is 52.5 Å². The van der Waals surface area contributed by atoms with E-state index >= 15 is 0 Å². The zero-order chi connectivity index (χ0) is 21.1. The normalized spacial score (nSPS) is 12.3. The minimum absolute atomic E-state index is 0.0300. The monoisotopic (exact) mass is 437 g/mol. The molecule has 2 aromatic carbocycles. The van der Waals surface area contributed by atoms with Crippen molar-refractivity contribution in [3.63, 3.8) is 0 Å². The van der Waals surface area contributed by atoms with Crippen LogP contribution < -0.4 is 9.47 Å². The average molecular weight is 438 g/mol. The Kier molecular flexibility index (Phi) is 6.84. The quantitative estimate of drug-likeness (QED) is 0.650. The molecule has 2 aromatic rings. The topological polar surface area (TPSA) is 55.8 Å². The third-order valence-electron chi connectivity index (χ3n) is 4.10. The van der Waals surface area contributed by atoms with Gasteiger partial charge in [0, 0.05) is 18.6 Å². The third kappa shape index (κ3) is 4.89. The van der Waals surface area contributed by atoms with Crippen LogP contribution in [0, 0.1) is 0 Å². The van der Waals surface area contributed by atoms with Gasteiger partial charge in [-0.3, -0.25) is 0 Å². The number of hydrogen-bond donors (Lipinski definition) is 0. The van der Waals surface area contributed by atoms with Crippen molar-refractivity contribution in [1.82, 2.24) is 4.31 Å². The molecule has 0 amide bonds. The Morgan fingerprint density at radius 1 is 1.04 bits per heavy atom. The molecule has 0 heterocycles. The first-order chi connectivity index (χ1) is 13.0. The van der Waals surface area contributed by atoms with Crippen LogP contribution in [0.3, 0.4) is 0 Å². The van der Waals surface area contributed by atoms with Gasteiger partial charge in [0.25, 0.3) is 0 Å². The van der Waals surface area contributed by atoms with Gasteiger partial charge in [-0.25, -0.2) is 12.7 Å². The molecule has 0 atom stereocenters. The van der Waals surface area contributed by atoms with E-state index in [0.29, 0.717) is 17.6 Å². The van der Waals surface area contributed by atoms with Crippen LogP contribution in [0.15, 0.2) is 41.3 Å². The smallest absolute Gasteiger partial charge is 0.417 e. The van der Waals surface area contributed by atoms with Crippen LogP contribution >= 0.6 is 11.6 Å². The highest BCUT2D eigenvalue weighted by molar-refractivity contribution is 7.89. The number of sulfonamides is 1. The Balaban J connectivity index is 2.26. The molecule has 0 aliphatic carbocycles. The van der Waals surface area contributed by atoms with Gasteiger partial charge in [0.2, 0.25) is 10.0 Å². The summed E-state index contributed by atoms with van der Waals surface area (Å²) >= 11 is 5.62. The number of ether oxygens (including phenoxy) is 2. The lowest BCUT2D eigenvalue weighted by Gasteiger charge is -2.20. The van der Waals surface area contributed by atoms with Crippen LogP contribution in [-0.4, -0.2) is 40.5 Å². The number of benzene rings is 2. The molecule has 0 aromatic heterocycles. The van der Waals surface area contributed by atoms with Crippen LogP contribution in [0.25, 0.3) is 0 Å². The Labute approximate surface area is 166 Å². The van der Waals surface area contributed by atoms with Gasteiger partial charge in [-0.15, -0.1) is 0 Å². The molecular weight excluding hydrogens is 419 g/mol. The van der Waals surface area contributed by atoms with Crippen molar-refractivity contribution in [1.29, 1.82) is 0 Å². The third-order valence-corrected chi connectivity index (χ3v) is 6.25. The molecule has 0 radical (unpaired) electrons. The molecule has 0 spiro atoms. The highest BCUT2D eigenvalue weighted by Gasteiger charge is 2.38. The predicted octanol–water partition coefficient (Wildman–Crippen LogP) is 4.24. The molecule has 2 rings (SSSR count). The second-order valence-electron chi connectivity index (χ2n) is 5.90. The summed E-state index contributed by atoms with van der Waals surface area (Å²) in [6.45, 7) is -0.0300.